The normalized spacial score (nSPS) is 11.8. The number of rotatable bonds is 4. The zero-order chi connectivity index (χ0) is 13.1. The summed E-state index contributed by atoms with van der Waals surface area (Å²) in [5, 5.41) is 0. The fourth-order valence-electron chi connectivity index (χ4n) is 1.26. The summed E-state index contributed by atoms with van der Waals surface area (Å²) in [5.74, 6) is -0.355. The number of thioether (sulfide) groups is 1. The molecule has 0 bridgehead atoms. The zero-order valence-corrected chi connectivity index (χ0v) is 9.85. The van der Waals surface area contributed by atoms with Crippen LogP contribution in [-0.4, -0.2) is 20.4 Å². The number of halogens is 3. The summed E-state index contributed by atoms with van der Waals surface area (Å²) in [6.45, 7) is 1.83. The predicted octanol–water partition coefficient (Wildman–Crippen LogP) is 1.28. The van der Waals surface area contributed by atoms with Gasteiger partial charge in [0, 0.05) is 31.1 Å². The van der Waals surface area contributed by atoms with Gasteiger partial charge in [-0.25, -0.2) is 4.79 Å². The van der Waals surface area contributed by atoms with Crippen molar-refractivity contribution in [3.05, 3.63) is 33.1 Å². The Morgan fingerprint density at radius 2 is 2.00 bits per heavy atom. The second-order valence-electron chi connectivity index (χ2n) is 3.17. The molecule has 0 amide bonds. The standard InChI is InChI=1S/C9H11F3N2O2S/c1-2-13-4-3-7(15)14(8(13)16)5-6-17-9(10,11)12/h3-4H,2,5-6H2,1H3. The average molecular weight is 268 g/mol. The van der Waals surface area contributed by atoms with Crippen LogP contribution in [0.2, 0.25) is 0 Å². The third-order valence-electron chi connectivity index (χ3n) is 2.06. The van der Waals surface area contributed by atoms with E-state index >= 15 is 0 Å². The van der Waals surface area contributed by atoms with Gasteiger partial charge in [0.05, 0.1) is 0 Å². The van der Waals surface area contributed by atoms with Crippen molar-refractivity contribution in [2.45, 2.75) is 25.5 Å². The molecule has 0 radical (unpaired) electrons. The van der Waals surface area contributed by atoms with E-state index in [1.165, 1.54) is 16.8 Å². The van der Waals surface area contributed by atoms with Crippen molar-refractivity contribution < 1.29 is 13.2 Å². The van der Waals surface area contributed by atoms with E-state index in [9.17, 15) is 22.8 Å². The maximum atomic E-state index is 11.9. The fourth-order valence-corrected chi connectivity index (χ4v) is 1.76. The maximum Gasteiger partial charge on any atom is 0.441 e. The lowest BCUT2D eigenvalue weighted by atomic mass is 10.5. The van der Waals surface area contributed by atoms with Gasteiger partial charge in [-0.1, -0.05) is 0 Å². The molecule has 0 N–H and O–H groups in total. The maximum absolute atomic E-state index is 11.9. The lowest BCUT2D eigenvalue weighted by molar-refractivity contribution is -0.0328. The molecule has 1 heterocycles. The monoisotopic (exact) mass is 268 g/mol. The first-order valence-corrected chi connectivity index (χ1v) is 5.84. The molecular formula is C9H11F3N2O2S. The molecule has 0 aliphatic heterocycles. The Morgan fingerprint density at radius 1 is 1.35 bits per heavy atom. The zero-order valence-electron chi connectivity index (χ0n) is 9.03. The lowest BCUT2D eigenvalue weighted by Crippen LogP contribution is -2.39. The van der Waals surface area contributed by atoms with Gasteiger partial charge in [0.1, 0.15) is 0 Å². The molecule has 0 saturated carbocycles. The molecule has 0 fully saturated rings. The highest BCUT2D eigenvalue weighted by Crippen LogP contribution is 2.29. The molecule has 1 aromatic heterocycles. The Morgan fingerprint density at radius 3 is 2.53 bits per heavy atom. The summed E-state index contributed by atoms with van der Waals surface area (Å²) in [4.78, 5) is 22.9. The van der Waals surface area contributed by atoms with E-state index in [1.807, 2.05) is 0 Å². The van der Waals surface area contributed by atoms with Crippen LogP contribution < -0.4 is 11.2 Å². The van der Waals surface area contributed by atoms with Gasteiger partial charge in [-0.15, -0.1) is 0 Å². The minimum atomic E-state index is -4.35. The molecule has 4 nitrogen and oxygen atoms in total. The van der Waals surface area contributed by atoms with Gasteiger partial charge in [0.15, 0.2) is 0 Å². The van der Waals surface area contributed by atoms with Crippen LogP contribution in [0.4, 0.5) is 13.2 Å². The van der Waals surface area contributed by atoms with Gasteiger partial charge in [-0.3, -0.25) is 9.36 Å². The molecule has 17 heavy (non-hydrogen) atoms. The molecule has 0 aliphatic carbocycles. The molecule has 0 aliphatic rings. The lowest BCUT2D eigenvalue weighted by Gasteiger charge is -2.08. The molecule has 0 saturated heterocycles. The average Bonchev–Trinajstić information content (AvgIpc) is 2.21. The van der Waals surface area contributed by atoms with Crippen molar-refractivity contribution in [3.63, 3.8) is 0 Å². The number of aromatic nitrogens is 2. The summed E-state index contributed by atoms with van der Waals surface area (Å²) in [7, 11) is 0. The van der Waals surface area contributed by atoms with E-state index in [-0.39, 0.29) is 24.1 Å². The molecule has 0 atom stereocenters. The van der Waals surface area contributed by atoms with Gasteiger partial charge in [-0.05, 0) is 18.7 Å². The van der Waals surface area contributed by atoms with Crippen LogP contribution in [0, 0.1) is 0 Å². The van der Waals surface area contributed by atoms with E-state index in [1.54, 1.807) is 6.92 Å². The highest BCUT2D eigenvalue weighted by molar-refractivity contribution is 8.00. The largest absolute Gasteiger partial charge is 0.441 e. The van der Waals surface area contributed by atoms with E-state index < -0.39 is 16.8 Å². The van der Waals surface area contributed by atoms with Crippen LogP contribution in [0.5, 0.6) is 0 Å². The second-order valence-corrected chi connectivity index (χ2v) is 4.33. The summed E-state index contributed by atoms with van der Waals surface area (Å²) in [6, 6.07) is 1.17. The van der Waals surface area contributed by atoms with Gasteiger partial charge >= 0.3 is 11.2 Å². The van der Waals surface area contributed by atoms with Gasteiger partial charge in [0.2, 0.25) is 0 Å². The molecule has 0 spiro atoms. The van der Waals surface area contributed by atoms with E-state index in [0.717, 1.165) is 4.57 Å². The third-order valence-corrected chi connectivity index (χ3v) is 2.78. The van der Waals surface area contributed by atoms with Gasteiger partial charge in [0.25, 0.3) is 5.56 Å². The molecule has 1 aromatic rings. The Bertz CT molecular complexity index is 492. The van der Waals surface area contributed by atoms with Crippen molar-refractivity contribution in [2.75, 3.05) is 5.75 Å². The first-order valence-electron chi connectivity index (χ1n) is 4.86. The summed E-state index contributed by atoms with van der Waals surface area (Å²) in [6.07, 6.45) is 1.33. The first-order chi connectivity index (χ1) is 7.85. The highest BCUT2D eigenvalue weighted by atomic mass is 32.2. The van der Waals surface area contributed by atoms with Crippen LogP contribution in [0.15, 0.2) is 21.9 Å². The van der Waals surface area contributed by atoms with Crippen LogP contribution in [0.25, 0.3) is 0 Å². The van der Waals surface area contributed by atoms with E-state index in [2.05, 4.69) is 0 Å². The SMILES string of the molecule is CCn1ccc(=O)n(CCSC(F)(F)F)c1=O. The van der Waals surface area contributed by atoms with Crippen LogP contribution in [0.3, 0.4) is 0 Å². The third kappa shape index (κ3) is 3.95. The Labute approximate surface area is 99.1 Å². The molecule has 0 aromatic carbocycles. The van der Waals surface area contributed by atoms with Crippen molar-refractivity contribution in [1.82, 2.24) is 9.13 Å². The highest BCUT2D eigenvalue weighted by Gasteiger charge is 2.27. The topological polar surface area (TPSA) is 44.0 Å². The Kier molecular flexibility index (Phi) is 4.44. The molecule has 96 valence electrons. The van der Waals surface area contributed by atoms with Crippen LogP contribution in [-0.2, 0) is 13.1 Å². The quantitative estimate of drug-likeness (QED) is 0.826. The summed E-state index contributed by atoms with van der Waals surface area (Å²) < 4.78 is 37.8. The predicted molar refractivity (Wildman–Crippen MR) is 59.1 cm³/mol. The molecule has 0 unspecified atom stereocenters. The van der Waals surface area contributed by atoms with Crippen molar-refractivity contribution in [1.29, 1.82) is 0 Å². The van der Waals surface area contributed by atoms with Crippen molar-refractivity contribution in [3.8, 4) is 0 Å². The van der Waals surface area contributed by atoms with E-state index in [4.69, 9.17) is 0 Å². The molecule has 8 heteroatoms. The number of hydrogen-bond acceptors (Lipinski definition) is 3. The smallest absolute Gasteiger partial charge is 0.301 e. The first kappa shape index (κ1) is 13.9. The Balaban J connectivity index is 2.84. The van der Waals surface area contributed by atoms with Crippen molar-refractivity contribution in [2.24, 2.45) is 0 Å². The molecular weight excluding hydrogens is 257 g/mol. The fraction of sp³-hybridized carbons (Fsp3) is 0.556. The number of aryl methyl sites for hydroxylation is 1. The minimum absolute atomic E-state index is 0.247. The molecule has 1 rings (SSSR count). The summed E-state index contributed by atoms with van der Waals surface area (Å²) >= 11 is -0.249. The van der Waals surface area contributed by atoms with Gasteiger partial charge in [-0.2, -0.15) is 13.2 Å². The number of nitrogens with zero attached hydrogens (tertiary/aromatic N) is 2. The number of hydrogen-bond donors (Lipinski definition) is 0. The second kappa shape index (κ2) is 5.44. The minimum Gasteiger partial charge on any atom is -0.301 e. The number of alkyl halides is 3. The van der Waals surface area contributed by atoms with Crippen LogP contribution in [0.1, 0.15) is 6.92 Å². The van der Waals surface area contributed by atoms with Crippen molar-refractivity contribution >= 4 is 11.8 Å². The van der Waals surface area contributed by atoms with Gasteiger partial charge < -0.3 is 4.57 Å². The Hall–Kier alpha value is -1.18. The van der Waals surface area contributed by atoms with Crippen LogP contribution >= 0.6 is 11.8 Å². The van der Waals surface area contributed by atoms with E-state index in [0.29, 0.717) is 6.54 Å². The summed E-state index contributed by atoms with van der Waals surface area (Å²) in [5.41, 5.74) is -5.51.